The lowest BCUT2D eigenvalue weighted by molar-refractivity contribution is -0.120. The molecule has 1 saturated carbocycles. The third-order valence-electron chi connectivity index (χ3n) is 3.56. The van der Waals surface area contributed by atoms with Crippen LogP contribution in [0.3, 0.4) is 0 Å². The Morgan fingerprint density at radius 2 is 2.05 bits per heavy atom. The minimum Gasteiger partial charge on any atom is -0.372 e. The monoisotopic (exact) mass is 275 g/mol. The molecule has 0 heterocycles. The number of amides is 1. The number of rotatable bonds is 9. The van der Waals surface area contributed by atoms with Gasteiger partial charge in [-0.1, -0.05) is 18.2 Å². The number of anilines is 1. The summed E-state index contributed by atoms with van der Waals surface area (Å²) in [5.41, 5.74) is 1.25. The van der Waals surface area contributed by atoms with E-state index in [0.717, 1.165) is 26.1 Å². The summed E-state index contributed by atoms with van der Waals surface area (Å²) in [5.74, 6) is 0.111. The van der Waals surface area contributed by atoms with E-state index in [4.69, 9.17) is 0 Å². The van der Waals surface area contributed by atoms with E-state index < -0.39 is 0 Å². The van der Waals surface area contributed by atoms with Crippen LogP contribution in [-0.2, 0) is 4.79 Å². The van der Waals surface area contributed by atoms with Gasteiger partial charge in [0.05, 0.1) is 6.54 Å². The molecule has 1 aromatic carbocycles. The highest BCUT2D eigenvalue weighted by molar-refractivity contribution is 5.78. The predicted molar refractivity (Wildman–Crippen MR) is 83.0 cm³/mol. The van der Waals surface area contributed by atoms with Crippen LogP contribution in [0.2, 0.25) is 0 Å². The minimum absolute atomic E-state index is 0.111. The molecule has 0 saturated heterocycles. The van der Waals surface area contributed by atoms with Gasteiger partial charge in [0.1, 0.15) is 0 Å². The van der Waals surface area contributed by atoms with Crippen molar-refractivity contribution in [3.63, 3.8) is 0 Å². The average molecular weight is 275 g/mol. The van der Waals surface area contributed by atoms with Crippen LogP contribution >= 0.6 is 0 Å². The first-order valence-electron chi connectivity index (χ1n) is 7.59. The van der Waals surface area contributed by atoms with Crippen molar-refractivity contribution in [3.05, 3.63) is 30.3 Å². The van der Waals surface area contributed by atoms with E-state index in [2.05, 4.69) is 46.7 Å². The van der Waals surface area contributed by atoms with Gasteiger partial charge in [0.15, 0.2) is 0 Å². The van der Waals surface area contributed by atoms with E-state index in [9.17, 15) is 4.79 Å². The number of carbonyl (C=O) groups is 1. The molecule has 20 heavy (non-hydrogen) atoms. The van der Waals surface area contributed by atoms with Gasteiger partial charge in [0.25, 0.3) is 0 Å². The number of benzene rings is 1. The number of para-hydroxylation sites is 1. The number of nitrogens with zero attached hydrogens (tertiary/aromatic N) is 1. The molecule has 0 aliphatic heterocycles. The zero-order valence-electron chi connectivity index (χ0n) is 12.3. The van der Waals surface area contributed by atoms with Crippen molar-refractivity contribution >= 4 is 11.6 Å². The van der Waals surface area contributed by atoms with Crippen molar-refractivity contribution in [2.24, 2.45) is 0 Å². The van der Waals surface area contributed by atoms with Crippen molar-refractivity contribution in [1.29, 1.82) is 0 Å². The third-order valence-corrected chi connectivity index (χ3v) is 3.56. The van der Waals surface area contributed by atoms with Crippen LogP contribution in [-0.4, -0.2) is 38.1 Å². The molecule has 4 heteroatoms. The second kappa shape index (κ2) is 7.90. The summed E-state index contributed by atoms with van der Waals surface area (Å²) in [6.45, 7) is 5.32. The number of carbonyl (C=O) groups excluding carboxylic acids is 1. The van der Waals surface area contributed by atoms with Gasteiger partial charge in [0, 0.05) is 31.4 Å². The summed E-state index contributed by atoms with van der Waals surface area (Å²) >= 11 is 0. The predicted octanol–water partition coefficient (Wildman–Crippen LogP) is 1.77. The van der Waals surface area contributed by atoms with Gasteiger partial charge in [-0.2, -0.15) is 0 Å². The summed E-state index contributed by atoms with van der Waals surface area (Å²) in [4.78, 5) is 13.9. The molecular weight excluding hydrogens is 250 g/mol. The number of hydrogen-bond donors (Lipinski definition) is 2. The topological polar surface area (TPSA) is 44.4 Å². The van der Waals surface area contributed by atoms with Crippen molar-refractivity contribution in [2.75, 3.05) is 31.1 Å². The Balaban J connectivity index is 1.60. The van der Waals surface area contributed by atoms with Crippen LogP contribution in [0.5, 0.6) is 0 Å². The van der Waals surface area contributed by atoms with E-state index in [1.807, 2.05) is 6.07 Å². The molecule has 0 bridgehead atoms. The normalized spacial score (nSPS) is 14.1. The fourth-order valence-electron chi connectivity index (χ4n) is 2.19. The van der Waals surface area contributed by atoms with Gasteiger partial charge >= 0.3 is 0 Å². The number of hydrogen-bond acceptors (Lipinski definition) is 3. The maximum Gasteiger partial charge on any atom is 0.233 e. The Hall–Kier alpha value is -1.55. The molecule has 0 radical (unpaired) electrons. The van der Waals surface area contributed by atoms with Gasteiger partial charge < -0.3 is 15.5 Å². The maximum absolute atomic E-state index is 11.6. The molecule has 1 aliphatic rings. The fraction of sp³-hybridized carbons (Fsp3) is 0.562. The van der Waals surface area contributed by atoms with Gasteiger partial charge in [-0.25, -0.2) is 0 Å². The average Bonchev–Trinajstić information content (AvgIpc) is 3.30. The van der Waals surface area contributed by atoms with Crippen molar-refractivity contribution in [3.8, 4) is 0 Å². The summed E-state index contributed by atoms with van der Waals surface area (Å²) in [6, 6.07) is 11.0. The van der Waals surface area contributed by atoms with Crippen LogP contribution in [0.25, 0.3) is 0 Å². The van der Waals surface area contributed by atoms with Gasteiger partial charge in [0.2, 0.25) is 5.91 Å². The highest BCUT2D eigenvalue weighted by atomic mass is 16.1. The molecule has 0 spiro atoms. The molecule has 1 aromatic rings. The van der Waals surface area contributed by atoms with Crippen LogP contribution in [0, 0.1) is 0 Å². The lowest BCUT2D eigenvalue weighted by atomic mass is 10.2. The van der Waals surface area contributed by atoms with Crippen molar-refractivity contribution in [2.45, 2.75) is 32.2 Å². The van der Waals surface area contributed by atoms with E-state index >= 15 is 0 Å². The molecule has 4 nitrogen and oxygen atoms in total. The second-order valence-electron chi connectivity index (χ2n) is 5.27. The molecule has 0 unspecified atom stereocenters. The van der Waals surface area contributed by atoms with Crippen molar-refractivity contribution < 1.29 is 4.79 Å². The van der Waals surface area contributed by atoms with Gasteiger partial charge in [-0.05, 0) is 38.3 Å². The largest absolute Gasteiger partial charge is 0.372 e. The zero-order valence-corrected chi connectivity index (χ0v) is 12.3. The third kappa shape index (κ3) is 5.21. The molecule has 2 N–H and O–H groups in total. The second-order valence-corrected chi connectivity index (χ2v) is 5.27. The Labute approximate surface area is 121 Å². The van der Waals surface area contributed by atoms with Crippen LogP contribution in [0.4, 0.5) is 5.69 Å². The SMILES string of the molecule is CCN(CCCNC(=O)CNC1CC1)c1ccccc1. The number of nitrogens with one attached hydrogen (secondary N) is 2. The Morgan fingerprint density at radius 1 is 1.30 bits per heavy atom. The maximum atomic E-state index is 11.6. The van der Waals surface area contributed by atoms with Crippen LogP contribution < -0.4 is 15.5 Å². The summed E-state index contributed by atoms with van der Waals surface area (Å²) in [7, 11) is 0. The molecule has 0 atom stereocenters. The standard InChI is InChI=1S/C16H25N3O/c1-2-19(15-7-4-3-5-8-15)12-6-11-17-16(20)13-18-14-9-10-14/h3-5,7-8,14,18H,2,6,9-13H2,1H3,(H,17,20). The lowest BCUT2D eigenvalue weighted by Gasteiger charge is -2.23. The molecule has 2 rings (SSSR count). The molecule has 1 aliphatic carbocycles. The summed E-state index contributed by atoms with van der Waals surface area (Å²) in [6.07, 6.45) is 3.41. The smallest absolute Gasteiger partial charge is 0.233 e. The molecular formula is C16H25N3O. The Morgan fingerprint density at radius 3 is 2.70 bits per heavy atom. The summed E-state index contributed by atoms with van der Waals surface area (Å²) < 4.78 is 0. The first-order valence-corrected chi connectivity index (χ1v) is 7.59. The van der Waals surface area contributed by atoms with E-state index in [1.54, 1.807) is 0 Å². The zero-order chi connectivity index (χ0) is 14.2. The highest BCUT2D eigenvalue weighted by Gasteiger charge is 2.20. The van der Waals surface area contributed by atoms with Crippen LogP contribution in [0.15, 0.2) is 30.3 Å². The van der Waals surface area contributed by atoms with Gasteiger partial charge in [-0.3, -0.25) is 4.79 Å². The summed E-state index contributed by atoms with van der Waals surface area (Å²) in [5, 5.41) is 6.19. The lowest BCUT2D eigenvalue weighted by Crippen LogP contribution is -2.36. The van der Waals surface area contributed by atoms with E-state index in [1.165, 1.54) is 18.5 Å². The fourth-order valence-corrected chi connectivity index (χ4v) is 2.19. The Bertz CT molecular complexity index is 403. The molecule has 1 amide bonds. The first-order chi connectivity index (χ1) is 9.79. The van der Waals surface area contributed by atoms with Gasteiger partial charge in [-0.15, -0.1) is 0 Å². The minimum atomic E-state index is 0.111. The van der Waals surface area contributed by atoms with Crippen LogP contribution in [0.1, 0.15) is 26.2 Å². The first kappa shape index (κ1) is 14.9. The van der Waals surface area contributed by atoms with E-state index in [-0.39, 0.29) is 5.91 Å². The van der Waals surface area contributed by atoms with Crippen molar-refractivity contribution in [1.82, 2.24) is 10.6 Å². The quantitative estimate of drug-likeness (QED) is 0.675. The molecule has 110 valence electrons. The highest BCUT2D eigenvalue weighted by Crippen LogP contribution is 2.17. The molecule has 1 fully saturated rings. The van der Waals surface area contributed by atoms with E-state index in [0.29, 0.717) is 12.6 Å². The Kier molecular flexibility index (Phi) is 5.87. The molecule has 0 aromatic heterocycles.